The molecule has 6 nitrogen and oxygen atoms in total. The van der Waals surface area contributed by atoms with Gasteiger partial charge in [-0.2, -0.15) is 0 Å². The maximum Gasteiger partial charge on any atom is 0.254 e. The van der Waals surface area contributed by atoms with Crippen LogP contribution in [0.3, 0.4) is 0 Å². The van der Waals surface area contributed by atoms with Crippen molar-refractivity contribution in [3.8, 4) is 5.75 Å². The van der Waals surface area contributed by atoms with E-state index >= 15 is 0 Å². The first-order chi connectivity index (χ1) is 10.5. The first kappa shape index (κ1) is 15.8. The number of aromatic amines is 1. The largest absolute Gasteiger partial charge is 0.492 e. The van der Waals surface area contributed by atoms with Gasteiger partial charge in [0.15, 0.2) is 0 Å². The normalized spacial score (nSPS) is 10.3. The van der Waals surface area contributed by atoms with Crippen LogP contribution in [0.15, 0.2) is 29.1 Å². The highest BCUT2D eigenvalue weighted by Crippen LogP contribution is 2.23. The highest BCUT2D eigenvalue weighted by Gasteiger charge is 2.13. The van der Waals surface area contributed by atoms with E-state index < -0.39 is 0 Å². The van der Waals surface area contributed by atoms with E-state index in [2.05, 4.69) is 15.3 Å². The molecule has 0 radical (unpaired) electrons. The molecule has 1 heterocycles. The van der Waals surface area contributed by atoms with Crippen LogP contribution in [0.5, 0.6) is 5.75 Å². The van der Waals surface area contributed by atoms with Gasteiger partial charge in [0.25, 0.3) is 5.56 Å². The van der Waals surface area contributed by atoms with Crippen molar-refractivity contribution >= 4 is 11.6 Å². The molecule has 0 spiro atoms. The fraction of sp³-hybridized carbons (Fsp3) is 0.312. The van der Waals surface area contributed by atoms with Crippen molar-refractivity contribution in [2.24, 2.45) is 0 Å². The molecule has 1 aromatic heterocycles. The summed E-state index contributed by atoms with van der Waals surface area (Å²) in [6, 6.07) is 7.18. The number of nitrogens with one attached hydrogen (secondary N) is 2. The van der Waals surface area contributed by atoms with Gasteiger partial charge >= 0.3 is 0 Å². The van der Waals surface area contributed by atoms with E-state index in [9.17, 15) is 9.59 Å². The molecule has 0 saturated heterocycles. The third-order valence-electron chi connectivity index (χ3n) is 3.14. The Kier molecular flexibility index (Phi) is 4.93. The van der Waals surface area contributed by atoms with Crippen LogP contribution in [0, 0.1) is 13.8 Å². The number of para-hydroxylation sites is 2. The number of ether oxygens (including phenoxy) is 1. The molecule has 1 amide bonds. The molecule has 0 saturated carbocycles. The van der Waals surface area contributed by atoms with Crippen molar-refractivity contribution in [1.29, 1.82) is 0 Å². The number of H-pyrrole nitrogens is 1. The Labute approximate surface area is 128 Å². The van der Waals surface area contributed by atoms with Gasteiger partial charge in [0, 0.05) is 11.3 Å². The molecular formula is C16H19N3O3. The summed E-state index contributed by atoms with van der Waals surface area (Å²) in [4.78, 5) is 30.9. The minimum Gasteiger partial charge on any atom is -0.492 e. The standard InChI is InChI=1S/C16H19N3O3/c1-4-22-14-8-6-5-7-13(14)19-15(20)9-12-10(2)17-11(3)18-16(12)21/h5-8H,4,9H2,1-3H3,(H,19,20)(H,17,18,21). The summed E-state index contributed by atoms with van der Waals surface area (Å²) in [6.07, 6.45) is -0.0328. The third kappa shape index (κ3) is 3.72. The van der Waals surface area contributed by atoms with Crippen LogP contribution in [-0.2, 0) is 11.2 Å². The van der Waals surface area contributed by atoms with Crippen LogP contribution in [0.2, 0.25) is 0 Å². The molecule has 116 valence electrons. The van der Waals surface area contributed by atoms with Gasteiger partial charge in [-0.3, -0.25) is 9.59 Å². The van der Waals surface area contributed by atoms with E-state index in [1.54, 1.807) is 26.0 Å². The fourth-order valence-electron chi connectivity index (χ4n) is 2.17. The topological polar surface area (TPSA) is 84.1 Å². The van der Waals surface area contributed by atoms with E-state index in [-0.39, 0.29) is 17.9 Å². The molecule has 0 aliphatic rings. The number of carbonyl (C=O) groups excluding carboxylic acids is 1. The second-order valence-corrected chi connectivity index (χ2v) is 4.87. The maximum absolute atomic E-state index is 12.2. The van der Waals surface area contributed by atoms with Gasteiger partial charge in [0.05, 0.1) is 18.7 Å². The Morgan fingerprint density at radius 3 is 2.73 bits per heavy atom. The lowest BCUT2D eigenvalue weighted by Crippen LogP contribution is -2.24. The molecule has 2 N–H and O–H groups in total. The predicted molar refractivity (Wildman–Crippen MR) is 84.3 cm³/mol. The van der Waals surface area contributed by atoms with Gasteiger partial charge in [0.2, 0.25) is 5.91 Å². The summed E-state index contributed by atoms with van der Waals surface area (Å²) in [6.45, 7) is 5.81. The van der Waals surface area contributed by atoms with Crippen LogP contribution in [0.4, 0.5) is 5.69 Å². The number of aromatic nitrogens is 2. The molecule has 22 heavy (non-hydrogen) atoms. The van der Waals surface area contributed by atoms with E-state index in [1.165, 1.54) is 0 Å². The SMILES string of the molecule is CCOc1ccccc1NC(=O)Cc1c(C)nc(C)[nH]c1=O. The quantitative estimate of drug-likeness (QED) is 0.884. The van der Waals surface area contributed by atoms with E-state index in [0.717, 1.165) is 0 Å². The monoisotopic (exact) mass is 301 g/mol. The van der Waals surface area contributed by atoms with Crippen LogP contribution < -0.4 is 15.6 Å². The minimum atomic E-state index is -0.286. The number of rotatable bonds is 5. The van der Waals surface area contributed by atoms with Gasteiger partial charge in [-0.05, 0) is 32.9 Å². The van der Waals surface area contributed by atoms with Crippen LogP contribution in [0.25, 0.3) is 0 Å². The highest BCUT2D eigenvalue weighted by atomic mass is 16.5. The lowest BCUT2D eigenvalue weighted by atomic mass is 10.1. The molecule has 0 atom stereocenters. The summed E-state index contributed by atoms with van der Waals surface area (Å²) in [5.74, 6) is 0.853. The number of anilines is 1. The van der Waals surface area contributed by atoms with E-state index in [4.69, 9.17) is 4.74 Å². The van der Waals surface area contributed by atoms with Gasteiger partial charge in [-0.25, -0.2) is 4.98 Å². The molecule has 1 aromatic carbocycles. The van der Waals surface area contributed by atoms with Gasteiger partial charge in [-0.15, -0.1) is 0 Å². The molecule has 0 aliphatic heterocycles. The molecule has 0 bridgehead atoms. The summed E-state index contributed by atoms with van der Waals surface area (Å²) in [7, 11) is 0. The Bertz CT molecular complexity index is 738. The highest BCUT2D eigenvalue weighted by molar-refractivity contribution is 5.93. The zero-order valence-electron chi connectivity index (χ0n) is 12.9. The van der Waals surface area contributed by atoms with Crippen molar-refractivity contribution in [2.75, 3.05) is 11.9 Å². The Morgan fingerprint density at radius 2 is 2.05 bits per heavy atom. The average molecular weight is 301 g/mol. The second-order valence-electron chi connectivity index (χ2n) is 4.87. The Morgan fingerprint density at radius 1 is 1.32 bits per heavy atom. The van der Waals surface area contributed by atoms with Crippen molar-refractivity contribution in [1.82, 2.24) is 9.97 Å². The average Bonchev–Trinajstić information content (AvgIpc) is 2.45. The van der Waals surface area contributed by atoms with Crippen LogP contribution in [-0.4, -0.2) is 22.5 Å². The number of amides is 1. The van der Waals surface area contributed by atoms with E-state index in [0.29, 0.717) is 35.1 Å². The third-order valence-corrected chi connectivity index (χ3v) is 3.14. The number of hydrogen-bond acceptors (Lipinski definition) is 4. The zero-order valence-corrected chi connectivity index (χ0v) is 12.9. The smallest absolute Gasteiger partial charge is 0.254 e. The first-order valence-corrected chi connectivity index (χ1v) is 7.09. The summed E-state index contributed by atoms with van der Waals surface area (Å²) in [5, 5.41) is 2.77. The van der Waals surface area contributed by atoms with Crippen molar-refractivity contribution in [3.63, 3.8) is 0 Å². The molecule has 6 heteroatoms. The number of aryl methyl sites for hydroxylation is 2. The Balaban J connectivity index is 2.16. The summed E-state index contributed by atoms with van der Waals surface area (Å²) in [5.41, 5.74) is 1.24. The summed E-state index contributed by atoms with van der Waals surface area (Å²) < 4.78 is 5.46. The first-order valence-electron chi connectivity index (χ1n) is 7.09. The second kappa shape index (κ2) is 6.89. The van der Waals surface area contributed by atoms with Crippen LogP contribution >= 0.6 is 0 Å². The fourth-order valence-corrected chi connectivity index (χ4v) is 2.17. The molecular weight excluding hydrogens is 282 g/mol. The lowest BCUT2D eigenvalue weighted by Gasteiger charge is -2.11. The summed E-state index contributed by atoms with van der Waals surface area (Å²) >= 11 is 0. The van der Waals surface area contributed by atoms with Crippen molar-refractivity contribution in [3.05, 3.63) is 51.7 Å². The number of carbonyl (C=O) groups is 1. The van der Waals surface area contributed by atoms with Gasteiger partial charge in [-0.1, -0.05) is 12.1 Å². The van der Waals surface area contributed by atoms with Crippen molar-refractivity contribution < 1.29 is 9.53 Å². The molecule has 2 rings (SSSR count). The van der Waals surface area contributed by atoms with Gasteiger partial charge < -0.3 is 15.0 Å². The zero-order chi connectivity index (χ0) is 16.1. The Hall–Kier alpha value is -2.63. The number of nitrogens with zero attached hydrogens (tertiary/aromatic N) is 1. The molecule has 0 aliphatic carbocycles. The lowest BCUT2D eigenvalue weighted by molar-refractivity contribution is -0.115. The van der Waals surface area contributed by atoms with Crippen molar-refractivity contribution in [2.45, 2.75) is 27.2 Å². The minimum absolute atomic E-state index is 0.0328. The molecule has 2 aromatic rings. The predicted octanol–water partition coefficient (Wildman–Crippen LogP) is 1.97. The van der Waals surface area contributed by atoms with Crippen LogP contribution in [0.1, 0.15) is 24.0 Å². The van der Waals surface area contributed by atoms with Gasteiger partial charge in [0.1, 0.15) is 11.6 Å². The number of hydrogen-bond donors (Lipinski definition) is 2. The van der Waals surface area contributed by atoms with E-state index in [1.807, 2.05) is 19.1 Å². The number of benzene rings is 1. The molecule has 0 unspecified atom stereocenters. The molecule has 0 fully saturated rings. The maximum atomic E-state index is 12.2.